The number of thioether (sulfide) groups is 1. The topological polar surface area (TPSA) is 23.6 Å². The van der Waals surface area contributed by atoms with Crippen molar-refractivity contribution in [2.75, 3.05) is 32.4 Å². The standard InChI is InChI=1S/C19H20ClFN2OS/c1-25-16-6-7-18(20)17(12-16)19(24)23-10-8-22(9-11-23)13-14-2-4-15(21)5-3-14/h2-7,12H,8-11,13H2,1H3. The van der Waals surface area contributed by atoms with Gasteiger partial charge in [0.1, 0.15) is 5.82 Å². The van der Waals surface area contributed by atoms with E-state index in [0.717, 1.165) is 30.1 Å². The Labute approximate surface area is 156 Å². The number of halogens is 2. The maximum Gasteiger partial charge on any atom is 0.255 e. The predicted octanol–water partition coefficient (Wildman–Crippen LogP) is 4.16. The average molecular weight is 379 g/mol. The summed E-state index contributed by atoms with van der Waals surface area (Å²) < 4.78 is 13.0. The van der Waals surface area contributed by atoms with Gasteiger partial charge in [-0.2, -0.15) is 0 Å². The van der Waals surface area contributed by atoms with Crippen LogP contribution in [-0.2, 0) is 6.54 Å². The molecule has 1 aliphatic rings. The number of hydrogen-bond donors (Lipinski definition) is 0. The van der Waals surface area contributed by atoms with E-state index < -0.39 is 0 Å². The highest BCUT2D eigenvalue weighted by atomic mass is 35.5. The molecular formula is C19H20ClFN2OS. The van der Waals surface area contributed by atoms with Crippen molar-refractivity contribution < 1.29 is 9.18 Å². The fourth-order valence-electron chi connectivity index (χ4n) is 2.92. The number of amides is 1. The predicted molar refractivity (Wildman–Crippen MR) is 101 cm³/mol. The summed E-state index contributed by atoms with van der Waals surface area (Å²) in [7, 11) is 0. The third-order valence-corrected chi connectivity index (χ3v) is 5.44. The van der Waals surface area contributed by atoms with E-state index in [2.05, 4.69) is 4.90 Å². The van der Waals surface area contributed by atoms with E-state index in [0.29, 0.717) is 23.7 Å². The molecule has 1 fully saturated rings. The molecule has 1 heterocycles. The van der Waals surface area contributed by atoms with E-state index in [4.69, 9.17) is 11.6 Å². The zero-order valence-electron chi connectivity index (χ0n) is 14.0. The summed E-state index contributed by atoms with van der Waals surface area (Å²) in [6.45, 7) is 3.69. The van der Waals surface area contributed by atoms with Crippen molar-refractivity contribution in [1.82, 2.24) is 9.80 Å². The summed E-state index contributed by atoms with van der Waals surface area (Å²) in [6.07, 6.45) is 1.98. The number of nitrogens with zero attached hydrogens (tertiary/aromatic N) is 2. The smallest absolute Gasteiger partial charge is 0.255 e. The second-order valence-corrected chi connectivity index (χ2v) is 7.33. The Balaban J connectivity index is 1.60. The van der Waals surface area contributed by atoms with Gasteiger partial charge in [-0.05, 0) is 42.2 Å². The van der Waals surface area contributed by atoms with Crippen molar-refractivity contribution in [3.05, 3.63) is 64.4 Å². The van der Waals surface area contributed by atoms with Gasteiger partial charge in [-0.3, -0.25) is 9.69 Å². The van der Waals surface area contributed by atoms with Gasteiger partial charge in [-0.25, -0.2) is 4.39 Å². The van der Waals surface area contributed by atoms with E-state index in [1.807, 2.05) is 23.3 Å². The van der Waals surface area contributed by atoms with Crippen molar-refractivity contribution in [1.29, 1.82) is 0 Å². The minimum atomic E-state index is -0.219. The van der Waals surface area contributed by atoms with Gasteiger partial charge in [0.25, 0.3) is 5.91 Å². The van der Waals surface area contributed by atoms with E-state index >= 15 is 0 Å². The first-order valence-corrected chi connectivity index (χ1v) is 9.76. The highest BCUT2D eigenvalue weighted by molar-refractivity contribution is 7.98. The van der Waals surface area contributed by atoms with Crippen molar-refractivity contribution in [3.63, 3.8) is 0 Å². The Kier molecular flexibility index (Phi) is 5.99. The molecule has 1 amide bonds. The van der Waals surface area contributed by atoms with E-state index in [1.54, 1.807) is 30.0 Å². The van der Waals surface area contributed by atoms with E-state index in [1.165, 1.54) is 12.1 Å². The summed E-state index contributed by atoms with van der Waals surface area (Å²) in [5.74, 6) is -0.231. The Morgan fingerprint density at radius 2 is 1.80 bits per heavy atom. The van der Waals surface area contributed by atoms with Crippen LogP contribution in [0.5, 0.6) is 0 Å². The number of carbonyl (C=O) groups is 1. The molecule has 0 atom stereocenters. The van der Waals surface area contributed by atoms with Gasteiger partial charge in [0.15, 0.2) is 0 Å². The van der Waals surface area contributed by atoms with Crippen LogP contribution in [0.3, 0.4) is 0 Å². The molecular weight excluding hydrogens is 359 g/mol. The number of piperazine rings is 1. The van der Waals surface area contributed by atoms with Crippen LogP contribution in [0.4, 0.5) is 4.39 Å². The van der Waals surface area contributed by atoms with Crippen LogP contribution in [0.2, 0.25) is 5.02 Å². The van der Waals surface area contributed by atoms with Gasteiger partial charge in [-0.15, -0.1) is 11.8 Å². The van der Waals surface area contributed by atoms with Crippen LogP contribution < -0.4 is 0 Å². The molecule has 2 aromatic carbocycles. The Morgan fingerprint density at radius 3 is 2.44 bits per heavy atom. The monoisotopic (exact) mass is 378 g/mol. The summed E-state index contributed by atoms with van der Waals surface area (Å²) in [5, 5.41) is 0.497. The van der Waals surface area contributed by atoms with Crippen LogP contribution in [0, 0.1) is 5.82 Å². The van der Waals surface area contributed by atoms with Gasteiger partial charge in [0.2, 0.25) is 0 Å². The molecule has 1 saturated heterocycles. The first-order chi connectivity index (χ1) is 12.1. The lowest BCUT2D eigenvalue weighted by Crippen LogP contribution is -2.48. The van der Waals surface area contributed by atoms with Crippen molar-refractivity contribution in [3.8, 4) is 0 Å². The zero-order chi connectivity index (χ0) is 17.8. The zero-order valence-corrected chi connectivity index (χ0v) is 15.6. The van der Waals surface area contributed by atoms with Gasteiger partial charge >= 0.3 is 0 Å². The number of benzene rings is 2. The van der Waals surface area contributed by atoms with Crippen molar-refractivity contribution >= 4 is 29.3 Å². The quantitative estimate of drug-likeness (QED) is 0.746. The molecule has 6 heteroatoms. The minimum absolute atomic E-state index is 0.0117. The molecule has 1 aliphatic heterocycles. The third-order valence-electron chi connectivity index (χ3n) is 4.38. The Bertz CT molecular complexity index is 746. The lowest BCUT2D eigenvalue weighted by Gasteiger charge is -2.35. The molecule has 25 heavy (non-hydrogen) atoms. The second kappa shape index (κ2) is 8.21. The largest absolute Gasteiger partial charge is 0.336 e. The number of rotatable bonds is 4. The van der Waals surface area contributed by atoms with E-state index in [9.17, 15) is 9.18 Å². The van der Waals surface area contributed by atoms with Crippen LogP contribution in [-0.4, -0.2) is 48.1 Å². The Morgan fingerprint density at radius 1 is 1.12 bits per heavy atom. The molecule has 0 saturated carbocycles. The molecule has 0 spiro atoms. The first-order valence-electron chi connectivity index (χ1n) is 8.16. The van der Waals surface area contributed by atoms with Crippen LogP contribution >= 0.6 is 23.4 Å². The van der Waals surface area contributed by atoms with Crippen LogP contribution in [0.15, 0.2) is 47.4 Å². The number of hydrogen-bond acceptors (Lipinski definition) is 3. The fourth-order valence-corrected chi connectivity index (χ4v) is 3.56. The average Bonchev–Trinajstić information content (AvgIpc) is 2.64. The summed E-state index contributed by atoms with van der Waals surface area (Å²) in [5.41, 5.74) is 1.65. The maximum atomic E-state index is 13.0. The Hall–Kier alpha value is -1.56. The lowest BCUT2D eigenvalue weighted by molar-refractivity contribution is 0.0628. The van der Waals surface area contributed by atoms with Crippen LogP contribution in [0.1, 0.15) is 15.9 Å². The van der Waals surface area contributed by atoms with Gasteiger partial charge in [0.05, 0.1) is 10.6 Å². The maximum absolute atomic E-state index is 13.0. The summed E-state index contributed by atoms with van der Waals surface area (Å²) in [4.78, 5) is 17.9. The van der Waals surface area contributed by atoms with Gasteiger partial charge in [-0.1, -0.05) is 23.7 Å². The van der Waals surface area contributed by atoms with Gasteiger partial charge < -0.3 is 4.90 Å². The van der Waals surface area contributed by atoms with Gasteiger partial charge in [0, 0.05) is 37.6 Å². The molecule has 0 aliphatic carbocycles. The first kappa shape index (κ1) is 18.2. The molecule has 3 rings (SSSR count). The van der Waals surface area contributed by atoms with E-state index in [-0.39, 0.29) is 11.7 Å². The molecule has 0 radical (unpaired) electrons. The van der Waals surface area contributed by atoms with Crippen molar-refractivity contribution in [2.45, 2.75) is 11.4 Å². The molecule has 2 aromatic rings. The normalized spacial score (nSPS) is 15.4. The highest BCUT2D eigenvalue weighted by Crippen LogP contribution is 2.24. The molecule has 0 N–H and O–H groups in total. The lowest BCUT2D eigenvalue weighted by atomic mass is 10.1. The second-order valence-electron chi connectivity index (χ2n) is 6.04. The summed E-state index contributed by atoms with van der Waals surface area (Å²) in [6, 6.07) is 12.1. The van der Waals surface area contributed by atoms with Crippen molar-refractivity contribution in [2.24, 2.45) is 0 Å². The molecule has 0 aromatic heterocycles. The molecule has 0 unspecified atom stereocenters. The summed E-state index contributed by atoms with van der Waals surface area (Å²) >= 11 is 7.81. The molecule has 132 valence electrons. The molecule has 0 bridgehead atoms. The third kappa shape index (κ3) is 4.54. The SMILES string of the molecule is CSc1ccc(Cl)c(C(=O)N2CCN(Cc3ccc(F)cc3)CC2)c1. The van der Waals surface area contributed by atoms with Crippen LogP contribution in [0.25, 0.3) is 0 Å². The minimum Gasteiger partial charge on any atom is -0.336 e. The molecule has 3 nitrogen and oxygen atoms in total. The number of carbonyl (C=O) groups excluding carboxylic acids is 1. The fraction of sp³-hybridized carbons (Fsp3) is 0.316. The highest BCUT2D eigenvalue weighted by Gasteiger charge is 2.23.